The van der Waals surface area contributed by atoms with Gasteiger partial charge < -0.3 is 9.80 Å². The summed E-state index contributed by atoms with van der Waals surface area (Å²) < 4.78 is 0. The first-order valence-corrected chi connectivity index (χ1v) is 8.80. The third-order valence-electron chi connectivity index (χ3n) is 4.53. The number of aryl methyl sites for hydroxylation is 1. The molecule has 1 aromatic rings. The van der Waals surface area contributed by atoms with Gasteiger partial charge in [0, 0.05) is 26.1 Å². The molecule has 132 valence electrons. The largest absolute Gasteiger partial charge is 0.342 e. The minimum absolute atomic E-state index is 0.0263. The first kappa shape index (κ1) is 18.8. The lowest BCUT2D eigenvalue weighted by Gasteiger charge is -2.34. The molecule has 0 spiro atoms. The molecule has 25 heavy (non-hydrogen) atoms. The van der Waals surface area contributed by atoms with E-state index in [4.69, 9.17) is 6.42 Å². The zero-order chi connectivity index (χ0) is 18.1. The highest BCUT2D eigenvalue weighted by molar-refractivity contribution is 5.84. The van der Waals surface area contributed by atoms with E-state index in [-0.39, 0.29) is 24.3 Å². The van der Waals surface area contributed by atoms with Crippen molar-refractivity contribution in [1.29, 1.82) is 0 Å². The van der Waals surface area contributed by atoms with Crippen molar-refractivity contribution in [3.63, 3.8) is 0 Å². The van der Waals surface area contributed by atoms with Gasteiger partial charge in [0.05, 0.1) is 12.5 Å². The maximum Gasteiger partial charge on any atom is 0.228 e. The van der Waals surface area contributed by atoms with Crippen molar-refractivity contribution in [3.8, 4) is 12.3 Å². The van der Waals surface area contributed by atoms with E-state index in [1.54, 1.807) is 11.0 Å². The molecule has 1 aliphatic heterocycles. The monoisotopic (exact) mass is 338 g/mol. The SMILES string of the molecule is C#CCN(CC=C)C(=O)[C@H]1CCC(=O)N(CCCc2ccccc2)C1. The van der Waals surface area contributed by atoms with E-state index in [0.717, 1.165) is 12.8 Å². The summed E-state index contributed by atoms with van der Waals surface area (Å²) in [7, 11) is 0. The molecule has 1 saturated heterocycles. The van der Waals surface area contributed by atoms with Crippen LogP contribution in [0.25, 0.3) is 0 Å². The van der Waals surface area contributed by atoms with Gasteiger partial charge in [0.2, 0.25) is 11.8 Å². The molecule has 4 nitrogen and oxygen atoms in total. The topological polar surface area (TPSA) is 40.6 Å². The summed E-state index contributed by atoms with van der Waals surface area (Å²) in [6.45, 7) is 5.59. The number of carbonyl (C=O) groups excluding carboxylic acids is 2. The molecule has 1 atom stereocenters. The molecule has 0 radical (unpaired) electrons. The Labute approximate surface area is 150 Å². The highest BCUT2D eigenvalue weighted by Gasteiger charge is 2.32. The smallest absolute Gasteiger partial charge is 0.228 e. The van der Waals surface area contributed by atoms with Gasteiger partial charge in [-0.1, -0.05) is 42.3 Å². The quantitative estimate of drug-likeness (QED) is 0.540. The molecular formula is C21H26N2O2. The van der Waals surface area contributed by atoms with Crippen LogP contribution >= 0.6 is 0 Å². The molecule has 0 unspecified atom stereocenters. The number of rotatable bonds is 8. The Morgan fingerprint density at radius 3 is 2.84 bits per heavy atom. The van der Waals surface area contributed by atoms with Gasteiger partial charge in [0.15, 0.2) is 0 Å². The summed E-state index contributed by atoms with van der Waals surface area (Å²) >= 11 is 0. The van der Waals surface area contributed by atoms with Crippen LogP contribution in [0.15, 0.2) is 43.0 Å². The van der Waals surface area contributed by atoms with Crippen molar-refractivity contribution in [2.45, 2.75) is 25.7 Å². The van der Waals surface area contributed by atoms with Crippen molar-refractivity contribution < 1.29 is 9.59 Å². The van der Waals surface area contributed by atoms with E-state index in [1.165, 1.54) is 5.56 Å². The van der Waals surface area contributed by atoms with Crippen LogP contribution in [0, 0.1) is 18.3 Å². The second-order valence-corrected chi connectivity index (χ2v) is 6.38. The Kier molecular flexibility index (Phi) is 7.28. The Morgan fingerprint density at radius 1 is 1.40 bits per heavy atom. The summed E-state index contributed by atoms with van der Waals surface area (Å²) in [5.41, 5.74) is 1.27. The molecule has 1 aliphatic rings. The zero-order valence-electron chi connectivity index (χ0n) is 14.7. The predicted molar refractivity (Wildman–Crippen MR) is 99.7 cm³/mol. The molecule has 1 fully saturated rings. The fourth-order valence-electron chi connectivity index (χ4n) is 3.21. The summed E-state index contributed by atoms with van der Waals surface area (Å²) in [6.07, 6.45) is 9.90. The van der Waals surface area contributed by atoms with Gasteiger partial charge in [-0.2, -0.15) is 0 Å². The number of amides is 2. The number of benzene rings is 1. The molecule has 2 rings (SSSR count). The highest BCUT2D eigenvalue weighted by Crippen LogP contribution is 2.20. The summed E-state index contributed by atoms with van der Waals surface area (Å²) in [5, 5.41) is 0. The van der Waals surface area contributed by atoms with Crippen molar-refractivity contribution in [2.75, 3.05) is 26.2 Å². The molecular weight excluding hydrogens is 312 g/mol. The van der Waals surface area contributed by atoms with E-state index in [2.05, 4.69) is 24.6 Å². The number of terminal acetylenes is 1. The number of likely N-dealkylation sites (tertiary alicyclic amines) is 1. The molecule has 0 aliphatic carbocycles. The van der Waals surface area contributed by atoms with Crippen LogP contribution in [-0.2, 0) is 16.0 Å². The number of hydrogen-bond acceptors (Lipinski definition) is 2. The lowest BCUT2D eigenvalue weighted by atomic mass is 9.95. The van der Waals surface area contributed by atoms with Gasteiger partial charge >= 0.3 is 0 Å². The average molecular weight is 338 g/mol. The van der Waals surface area contributed by atoms with Gasteiger partial charge in [-0.15, -0.1) is 13.0 Å². The van der Waals surface area contributed by atoms with Crippen LogP contribution < -0.4 is 0 Å². The summed E-state index contributed by atoms with van der Waals surface area (Å²) in [4.78, 5) is 28.3. The second kappa shape index (κ2) is 9.68. The third-order valence-corrected chi connectivity index (χ3v) is 4.53. The van der Waals surface area contributed by atoms with Gasteiger partial charge in [0.1, 0.15) is 0 Å². The van der Waals surface area contributed by atoms with E-state index >= 15 is 0 Å². The van der Waals surface area contributed by atoms with Crippen molar-refractivity contribution >= 4 is 11.8 Å². The molecule has 4 heteroatoms. The Balaban J connectivity index is 1.89. The van der Waals surface area contributed by atoms with Crippen LogP contribution in [0.5, 0.6) is 0 Å². The highest BCUT2D eigenvalue weighted by atomic mass is 16.2. The minimum Gasteiger partial charge on any atom is -0.342 e. The second-order valence-electron chi connectivity index (χ2n) is 6.38. The van der Waals surface area contributed by atoms with Crippen molar-refractivity contribution in [3.05, 3.63) is 48.6 Å². The molecule has 1 heterocycles. The first-order valence-electron chi connectivity index (χ1n) is 8.80. The van der Waals surface area contributed by atoms with E-state index < -0.39 is 0 Å². The number of nitrogens with zero attached hydrogens (tertiary/aromatic N) is 2. The van der Waals surface area contributed by atoms with E-state index in [9.17, 15) is 9.59 Å². The lowest BCUT2D eigenvalue weighted by molar-refractivity contribution is -0.142. The Morgan fingerprint density at radius 2 is 2.16 bits per heavy atom. The predicted octanol–water partition coefficient (Wildman–Crippen LogP) is 2.51. The zero-order valence-corrected chi connectivity index (χ0v) is 14.7. The normalized spacial score (nSPS) is 17.0. The van der Waals surface area contributed by atoms with E-state index in [0.29, 0.717) is 32.5 Å². The van der Waals surface area contributed by atoms with Crippen LogP contribution in [0.3, 0.4) is 0 Å². The summed E-state index contributed by atoms with van der Waals surface area (Å²) in [5.74, 6) is 2.53. The number of carbonyl (C=O) groups is 2. The van der Waals surface area contributed by atoms with Crippen molar-refractivity contribution in [2.24, 2.45) is 5.92 Å². The molecule has 0 saturated carbocycles. The van der Waals surface area contributed by atoms with Gasteiger partial charge in [-0.05, 0) is 24.8 Å². The molecule has 0 N–H and O–H groups in total. The lowest BCUT2D eigenvalue weighted by Crippen LogP contribution is -2.47. The fourth-order valence-corrected chi connectivity index (χ4v) is 3.21. The molecule has 1 aromatic carbocycles. The Bertz CT molecular complexity index is 633. The van der Waals surface area contributed by atoms with E-state index in [1.807, 2.05) is 23.1 Å². The fraction of sp³-hybridized carbons (Fsp3) is 0.429. The maximum atomic E-state index is 12.7. The average Bonchev–Trinajstić information content (AvgIpc) is 2.63. The summed E-state index contributed by atoms with van der Waals surface area (Å²) in [6, 6.07) is 10.2. The minimum atomic E-state index is -0.164. The number of piperidine rings is 1. The van der Waals surface area contributed by atoms with Crippen LogP contribution in [0.1, 0.15) is 24.8 Å². The standard InChI is InChI=1S/C21H26N2O2/c1-3-14-22(15-4-2)21(25)19-12-13-20(24)23(17-19)16-8-11-18-9-6-5-7-10-18/h1,4-7,9-10,19H,2,8,11-17H2/t19-/m0/s1. The number of hydrogen-bond donors (Lipinski definition) is 0. The van der Waals surface area contributed by atoms with Crippen LogP contribution in [0.2, 0.25) is 0 Å². The molecule has 0 aromatic heterocycles. The first-order chi connectivity index (χ1) is 12.2. The van der Waals surface area contributed by atoms with Crippen molar-refractivity contribution in [1.82, 2.24) is 9.80 Å². The van der Waals surface area contributed by atoms with Gasteiger partial charge in [-0.3, -0.25) is 9.59 Å². The molecule has 2 amide bonds. The molecule has 0 bridgehead atoms. The Hall–Kier alpha value is -2.54. The van der Waals surface area contributed by atoms with Crippen LogP contribution in [-0.4, -0.2) is 47.8 Å². The van der Waals surface area contributed by atoms with Gasteiger partial charge in [0.25, 0.3) is 0 Å². The van der Waals surface area contributed by atoms with Crippen LogP contribution in [0.4, 0.5) is 0 Å². The maximum absolute atomic E-state index is 12.7. The van der Waals surface area contributed by atoms with Gasteiger partial charge in [-0.25, -0.2) is 0 Å². The third kappa shape index (κ3) is 5.49.